The van der Waals surface area contributed by atoms with Gasteiger partial charge in [0.25, 0.3) is 0 Å². The first-order chi connectivity index (χ1) is 14.8. The van der Waals surface area contributed by atoms with Crippen molar-refractivity contribution in [3.8, 4) is 0 Å². The molecule has 3 nitrogen and oxygen atoms in total. The summed E-state index contributed by atoms with van der Waals surface area (Å²) in [6.45, 7) is 16.0. The summed E-state index contributed by atoms with van der Waals surface area (Å²) in [4.78, 5) is 0. The van der Waals surface area contributed by atoms with Crippen molar-refractivity contribution in [1.82, 2.24) is 0 Å². The molecule has 4 saturated carbocycles. The molecule has 3 heteroatoms. The summed E-state index contributed by atoms with van der Waals surface area (Å²) in [5, 5.41) is 33.8. The summed E-state index contributed by atoms with van der Waals surface area (Å²) >= 11 is 0. The molecule has 4 fully saturated rings. The third kappa shape index (κ3) is 3.73. The SMILES string of the molecule is CC(C)=CCCC(C)(O)C1CCC2C1C(O)CC1C2(C)CC(C)C2C(C)C(O)CCC21C. The first-order valence-electron chi connectivity index (χ1n) is 13.5. The Morgan fingerprint density at radius 2 is 1.72 bits per heavy atom. The maximum atomic E-state index is 11.6. The third-order valence-corrected chi connectivity index (χ3v) is 11.4. The van der Waals surface area contributed by atoms with E-state index in [4.69, 9.17) is 0 Å². The molecule has 0 amide bonds. The lowest BCUT2D eigenvalue weighted by Crippen LogP contribution is -2.63. The largest absolute Gasteiger partial charge is 0.393 e. The van der Waals surface area contributed by atoms with E-state index in [1.807, 2.05) is 6.92 Å². The molecule has 4 rings (SSSR count). The van der Waals surface area contributed by atoms with Gasteiger partial charge in [0.15, 0.2) is 0 Å². The lowest BCUT2D eigenvalue weighted by Gasteiger charge is -2.67. The Bertz CT molecular complexity index is 724. The second-order valence-electron chi connectivity index (χ2n) is 13.6. The first-order valence-corrected chi connectivity index (χ1v) is 13.5. The lowest BCUT2D eigenvalue weighted by molar-refractivity contribution is -0.218. The van der Waals surface area contributed by atoms with Crippen LogP contribution in [-0.4, -0.2) is 33.1 Å². The molecule has 0 aromatic rings. The van der Waals surface area contributed by atoms with Gasteiger partial charge >= 0.3 is 0 Å². The van der Waals surface area contributed by atoms with Crippen molar-refractivity contribution in [3.05, 3.63) is 11.6 Å². The average molecular weight is 447 g/mol. The van der Waals surface area contributed by atoms with Gasteiger partial charge in [0.2, 0.25) is 0 Å². The normalized spacial score (nSPS) is 52.4. The summed E-state index contributed by atoms with van der Waals surface area (Å²) in [6, 6.07) is 0. The fraction of sp³-hybridized carbons (Fsp3) is 0.931. The summed E-state index contributed by atoms with van der Waals surface area (Å²) in [5.41, 5.74) is 1.01. The minimum absolute atomic E-state index is 0.173. The van der Waals surface area contributed by atoms with Crippen LogP contribution in [0, 0.1) is 52.3 Å². The third-order valence-electron chi connectivity index (χ3n) is 11.4. The number of aliphatic hydroxyl groups excluding tert-OH is 2. The van der Waals surface area contributed by atoms with Crippen molar-refractivity contribution in [2.24, 2.45) is 52.3 Å². The predicted molar refractivity (Wildman–Crippen MR) is 131 cm³/mol. The van der Waals surface area contributed by atoms with Gasteiger partial charge in [-0.2, -0.15) is 0 Å². The number of fused-ring (bicyclic) bond motifs is 5. The monoisotopic (exact) mass is 446 g/mol. The Morgan fingerprint density at radius 1 is 1.03 bits per heavy atom. The number of hydrogen-bond acceptors (Lipinski definition) is 3. The number of rotatable bonds is 4. The van der Waals surface area contributed by atoms with Crippen LogP contribution in [0.4, 0.5) is 0 Å². The van der Waals surface area contributed by atoms with Gasteiger partial charge in [-0.1, -0.05) is 39.3 Å². The summed E-state index contributed by atoms with van der Waals surface area (Å²) < 4.78 is 0. The highest BCUT2D eigenvalue weighted by Crippen LogP contribution is 2.71. The van der Waals surface area contributed by atoms with E-state index in [0.29, 0.717) is 29.6 Å². The molecular weight excluding hydrogens is 396 g/mol. The highest BCUT2D eigenvalue weighted by Gasteiger charge is 2.67. The topological polar surface area (TPSA) is 60.7 Å². The predicted octanol–water partition coefficient (Wildman–Crippen LogP) is 5.97. The standard InChI is InChI=1S/C29H50O3/c1-17(2)9-8-13-29(7,32)21-11-10-20-25(21)23(31)15-24-27(5)14-12-22(30)19(4)26(27)18(3)16-28(20,24)6/h9,18-26,30-32H,8,10-16H2,1-7H3. The van der Waals surface area contributed by atoms with Gasteiger partial charge in [-0.15, -0.1) is 0 Å². The summed E-state index contributed by atoms with van der Waals surface area (Å²) in [6.07, 6.45) is 9.70. The van der Waals surface area contributed by atoms with Crippen LogP contribution >= 0.6 is 0 Å². The number of allylic oxidation sites excluding steroid dienone is 2. The van der Waals surface area contributed by atoms with E-state index in [1.54, 1.807) is 0 Å². The molecule has 12 unspecified atom stereocenters. The van der Waals surface area contributed by atoms with E-state index in [2.05, 4.69) is 47.6 Å². The maximum absolute atomic E-state index is 11.6. The molecule has 0 radical (unpaired) electrons. The van der Waals surface area contributed by atoms with Crippen LogP contribution < -0.4 is 0 Å². The second-order valence-corrected chi connectivity index (χ2v) is 13.6. The zero-order chi connectivity index (χ0) is 23.6. The van der Waals surface area contributed by atoms with E-state index >= 15 is 0 Å². The number of hydrogen-bond donors (Lipinski definition) is 3. The minimum Gasteiger partial charge on any atom is -0.393 e. The van der Waals surface area contributed by atoms with Crippen LogP contribution in [0.3, 0.4) is 0 Å². The van der Waals surface area contributed by atoms with Crippen LogP contribution in [0.2, 0.25) is 0 Å². The van der Waals surface area contributed by atoms with E-state index in [1.165, 1.54) is 12.0 Å². The first kappa shape index (κ1) is 24.7. The lowest BCUT2D eigenvalue weighted by atomic mass is 9.38. The molecule has 3 N–H and O–H groups in total. The van der Waals surface area contributed by atoms with Gasteiger partial charge in [0.1, 0.15) is 0 Å². The molecular formula is C29H50O3. The Balaban J connectivity index is 1.62. The quantitative estimate of drug-likeness (QED) is 0.467. The fourth-order valence-corrected chi connectivity index (χ4v) is 10.3. The second kappa shape index (κ2) is 8.38. The molecule has 0 saturated heterocycles. The van der Waals surface area contributed by atoms with Gasteiger partial charge in [0, 0.05) is 0 Å². The zero-order valence-electron chi connectivity index (χ0n) is 21.8. The highest BCUT2D eigenvalue weighted by atomic mass is 16.3. The van der Waals surface area contributed by atoms with Gasteiger partial charge in [-0.25, -0.2) is 0 Å². The molecule has 32 heavy (non-hydrogen) atoms. The van der Waals surface area contributed by atoms with E-state index in [-0.39, 0.29) is 34.9 Å². The molecule has 0 aromatic heterocycles. The van der Waals surface area contributed by atoms with Gasteiger partial charge in [0.05, 0.1) is 17.8 Å². The van der Waals surface area contributed by atoms with Crippen LogP contribution in [0.1, 0.15) is 99.8 Å². The Labute approximate surface area is 197 Å². The molecule has 0 aromatic carbocycles. The van der Waals surface area contributed by atoms with E-state index < -0.39 is 5.60 Å². The highest BCUT2D eigenvalue weighted by molar-refractivity contribution is 5.16. The van der Waals surface area contributed by atoms with Crippen molar-refractivity contribution in [2.45, 2.75) is 118 Å². The Hall–Kier alpha value is -0.380. The van der Waals surface area contributed by atoms with Crippen molar-refractivity contribution < 1.29 is 15.3 Å². The Kier molecular flexibility index (Phi) is 6.48. The van der Waals surface area contributed by atoms with E-state index in [9.17, 15) is 15.3 Å². The van der Waals surface area contributed by atoms with Crippen molar-refractivity contribution in [3.63, 3.8) is 0 Å². The van der Waals surface area contributed by atoms with Crippen molar-refractivity contribution >= 4 is 0 Å². The van der Waals surface area contributed by atoms with Crippen LogP contribution in [0.15, 0.2) is 11.6 Å². The molecule has 0 aliphatic heterocycles. The molecule has 0 bridgehead atoms. The molecule has 4 aliphatic carbocycles. The molecule has 0 heterocycles. The molecule has 184 valence electrons. The summed E-state index contributed by atoms with van der Waals surface area (Å²) in [7, 11) is 0. The average Bonchev–Trinajstić information content (AvgIpc) is 3.15. The van der Waals surface area contributed by atoms with Gasteiger partial charge in [-0.05, 0) is 124 Å². The van der Waals surface area contributed by atoms with Crippen LogP contribution in [-0.2, 0) is 0 Å². The molecule has 0 spiro atoms. The summed E-state index contributed by atoms with van der Waals surface area (Å²) in [5.74, 6) is 2.90. The smallest absolute Gasteiger partial charge is 0.0654 e. The van der Waals surface area contributed by atoms with Gasteiger partial charge in [-0.3, -0.25) is 0 Å². The van der Waals surface area contributed by atoms with E-state index in [0.717, 1.165) is 44.9 Å². The van der Waals surface area contributed by atoms with Crippen LogP contribution in [0.25, 0.3) is 0 Å². The van der Waals surface area contributed by atoms with Gasteiger partial charge < -0.3 is 15.3 Å². The number of aliphatic hydroxyl groups is 3. The van der Waals surface area contributed by atoms with Crippen molar-refractivity contribution in [2.75, 3.05) is 0 Å². The zero-order valence-corrected chi connectivity index (χ0v) is 21.8. The molecule has 4 aliphatic rings. The fourth-order valence-electron chi connectivity index (χ4n) is 10.3. The van der Waals surface area contributed by atoms with Crippen molar-refractivity contribution in [1.29, 1.82) is 0 Å². The Morgan fingerprint density at radius 3 is 2.38 bits per heavy atom. The molecule has 12 atom stereocenters. The van der Waals surface area contributed by atoms with Crippen LogP contribution in [0.5, 0.6) is 0 Å². The minimum atomic E-state index is -0.717. The maximum Gasteiger partial charge on any atom is 0.0654 e.